The van der Waals surface area contributed by atoms with Crippen LogP contribution in [0, 0.1) is 0 Å². The van der Waals surface area contributed by atoms with Gasteiger partial charge in [-0.1, -0.05) is 23.7 Å². The fraction of sp³-hybridized carbons (Fsp3) is 0.0625. The van der Waals surface area contributed by atoms with E-state index in [1.165, 1.54) is 0 Å². The predicted molar refractivity (Wildman–Crippen MR) is 86.5 cm³/mol. The minimum absolute atomic E-state index is 0.221. The van der Waals surface area contributed by atoms with Crippen molar-refractivity contribution in [3.63, 3.8) is 0 Å². The zero-order valence-electron chi connectivity index (χ0n) is 11.5. The maximum atomic E-state index is 12.1. The molecule has 0 bridgehead atoms. The van der Waals surface area contributed by atoms with E-state index < -0.39 is 0 Å². The van der Waals surface area contributed by atoms with Crippen LogP contribution >= 0.6 is 11.6 Å². The van der Waals surface area contributed by atoms with Gasteiger partial charge < -0.3 is 10.6 Å². The molecule has 3 rings (SSSR count). The molecule has 2 N–H and O–H groups in total. The monoisotopic (exact) mass is 312 g/mol. The SMILES string of the molecule is O=C(NC1C=NC(c2ccccn2)=CN1)c1cccc(Cl)c1. The number of rotatable bonds is 3. The highest BCUT2D eigenvalue weighted by atomic mass is 35.5. The van der Waals surface area contributed by atoms with Crippen molar-refractivity contribution >= 4 is 29.4 Å². The Kier molecular flexibility index (Phi) is 4.16. The first kappa shape index (κ1) is 14.3. The molecule has 0 aliphatic carbocycles. The van der Waals surface area contributed by atoms with Gasteiger partial charge in [0.05, 0.1) is 5.69 Å². The molecular formula is C16H13ClN4O. The number of carbonyl (C=O) groups excluding carboxylic acids is 1. The predicted octanol–water partition coefficient (Wildman–Crippen LogP) is 2.46. The van der Waals surface area contributed by atoms with Gasteiger partial charge in [-0.3, -0.25) is 14.8 Å². The van der Waals surface area contributed by atoms with E-state index in [9.17, 15) is 4.79 Å². The van der Waals surface area contributed by atoms with Crippen molar-refractivity contribution in [1.29, 1.82) is 0 Å². The van der Waals surface area contributed by atoms with Crippen LogP contribution in [0.3, 0.4) is 0 Å². The maximum absolute atomic E-state index is 12.1. The van der Waals surface area contributed by atoms with E-state index in [1.54, 1.807) is 42.9 Å². The molecule has 0 radical (unpaired) electrons. The summed E-state index contributed by atoms with van der Waals surface area (Å²) in [5.41, 5.74) is 1.99. The van der Waals surface area contributed by atoms with E-state index in [0.717, 1.165) is 5.69 Å². The third kappa shape index (κ3) is 3.32. The zero-order chi connectivity index (χ0) is 15.4. The Morgan fingerprint density at radius 2 is 2.14 bits per heavy atom. The molecule has 0 saturated heterocycles. The summed E-state index contributed by atoms with van der Waals surface area (Å²) in [6.45, 7) is 0. The summed E-state index contributed by atoms with van der Waals surface area (Å²) >= 11 is 5.88. The molecule has 1 atom stereocenters. The number of pyridine rings is 1. The van der Waals surface area contributed by atoms with Crippen LogP contribution in [0.1, 0.15) is 16.1 Å². The van der Waals surface area contributed by atoms with Gasteiger partial charge in [0.25, 0.3) is 5.91 Å². The Bertz CT molecular complexity index is 743. The lowest BCUT2D eigenvalue weighted by Gasteiger charge is -2.19. The highest BCUT2D eigenvalue weighted by Crippen LogP contribution is 2.14. The molecule has 1 unspecified atom stereocenters. The molecule has 1 aromatic carbocycles. The standard InChI is InChI=1S/C16H13ClN4O/c17-12-5-3-4-11(8-12)16(22)21-15-10-19-14(9-20-15)13-6-1-2-7-18-13/h1-10,15,20H,(H,21,22). The number of nitrogens with one attached hydrogen (secondary N) is 2. The maximum Gasteiger partial charge on any atom is 0.253 e. The molecule has 2 aromatic rings. The van der Waals surface area contributed by atoms with Crippen LogP contribution in [-0.2, 0) is 0 Å². The molecule has 2 heterocycles. The largest absolute Gasteiger partial charge is 0.365 e. The van der Waals surface area contributed by atoms with Crippen LogP contribution in [0.5, 0.6) is 0 Å². The van der Waals surface area contributed by atoms with E-state index in [0.29, 0.717) is 16.3 Å². The van der Waals surface area contributed by atoms with E-state index in [4.69, 9.17) is 11.6 Å². The second-order valence-corrected chi connectivity index (χ2v) is 5.09. The van der Waals surface area contributed by atoms with Gasteiger partial charge in [0, 0.05) is 29.2 Å². The van der Waals surface area contributed by atoms with Gasteiger partial charge in [-0.05, 0) is 30.3 Å². The lowest BCUT2D eigenvalue weighted by molar-refractivity contribution is 0.0944. The van der Waals surface area contributed by atoms with Crippen molar-refractivity contribution in [2.24, 2.45) is 4.99 Å². The van der Waals surface area contributed by atoms with Gasteiger partial charge in [0.15, 0.2) is 0 Å². The second kappa shape index (κ2) is 6.41. The normalized spacial score (nSPS) is 16.6. The highest BCUT2D eigenvalue weighted by Gasteiger charge is 2.14. The Hall–Kier alpha value is -2.66. The smallest absolute Gasteiger partial charge is 0.253 e. The van der Waals surface area contributed by atoms with Crippen LogP contribution in [0.2, 0.25) is 5.02 Å². The van der Waals surface area contributed by atoms with Gasteiger partial charge >= 0.3 is 0 Å². The minimum atomic E-state index is -0.376. The first-order valence-corrected chi connectivity index (χ1v) is 7.08. The van der Waals surface area contributed by atoms with Gasteiger partial charge in [0.2, 0.25) is 0 Å². The lowest BCUT2D eigenvalue weighted by atomic mass is 10.2. The summed E-state index contributed by atoms with van der Waals surface area (Å²) in [7, 11) is 0. The number of halogens is 1. The van der Waals surface area contributed by atoms with Crippen molar-refractivity contribution < 1.29 is 4.79 Å². The van der Waals surface area contributed by atoms with E-state index in [-0.39, 0.29) is 12.1 Å². The molecule has 0 fully saturated rings. The first-order valence-electron chi connectivity index (χ1n) is 6.70. The molecule has 22 heavy (non-hydrogen) atoms. The van der Waals surface area contributed by atoms with Gasteiger partial charge in [-0.15, -0.1) is 0 Å². The Morgan fingerprint density at radius 3 is 2.82 bits per heavy atom. The molecule has 1 amide bonds. The van der Waals surface area contributed by atoms with E-state index >= 15 is 0 Å². The number of hydrogen-bond acceptors (Lipinski definition) is 4. The first-order chi connectivity index (χ1) is 10.7. The fourth-order valence-electron chi connectivity index (χ4n) is 1.99. The Morgan fingerprint density at radius 1 is 1.23 bits per heavy atom. The van der Waals surface area contributed by atoms with E-state index in [1.807, 2.05) is 18.2 Å². The average Bonchev–Trinajstić information content (AvgIpc) is 2.56. The number of hydrogen-bond donors (Lipinski definition) is 2. The van der Waals surface area contributed by atoms with Gasteiger partial charge in [-0.25, -0.2) is 0 Å². The summed E-state index contributed by atoms with van der Waals surface area (Å²) < 4.78 is 0. The summed E-state index contributed by atoms with van der Waals surface area (Å²) in [6, 6.07) is 12.4. The number of aromatic nitrogens is 1. The fourth-order valence-corrected chi connectivity index (χ4v) is 2.18. The molecule has 1 aliphatic heterocycles. The third-order valence-corrected chi connectivity index (χ3v) is 3.30. The van der Waals surface area contributed by atoms with Crippen LogP contribution < -0.4 is 10.6 Å². The topological polar surface area (TPSA) is 66.4 Å². The molecule has 0 spiro atoms. The van der Waals surface area contributed by atoms with Crippen molar-refractivity contribution in [2.45, 2.75) is 6.17 Å². The van der Waals surface area contributed by atoms with Crippen molar-refractivity contribution in [3.8, 4) is 0 Å². The zero-order valence-corrected chi connectivity index (χ0v) is 12.3. The molecular weight excluding hydrogens is 300 g/mol. The second-order valence-electron chi connectivity index (χ2n) is 4.65. The van der Waals surface area contributed by atoms with E-state index in [2.05, 4.69) is 20.6 Å². The number of nitrogens with zero attached hydrogens (tertiary/aromatic N) is 2. The molecule has 5 nitrogen and oxygen atoms in total. The number of carbonyl (C=O) groups is 1. The van der Waals surface area contributed by atoms with Crippen LogP contribution in [0.15, 0.2) is 59.9 Å². The third-order valence-electron chi connectivity index (χ3n) is 3.06. The Balaban J connectivity index is 1.64. The lowest BCUT2D eigenvalue weighted by Crippen LogP contribution is -2.45. The van der Waals surface area contributed by atoms with Gasteiger partial charge in [0.1, 0.15) is 11.9 Å². The van der Waals surface area contributed by atoms with Crippen molar-refractivity contribution in [3.05, 3.63) is 71.1 Å². The van der Waals surface area contributed by atoms with Crippen LogP contribution in [0.25, 0.3) is 5.70 Å². The number of benzene rings is 1. The highest BCUT2D eigenvalue weighted by molar-refractivity contribution is 6.30. The minimum Gasteiger partial charge on any atom is -0.365 e. The molecule has 1 aromatic heterocycles. The summed E-state index contributed by atoms with van der Waals surface area (Å²) in [4.78, 5) is 20.6. The van der Waals surface area contributed by atoms with Gasteiger partial charge in [-0.2, -0.15) is 0 Å². The number of aliphatic imine (C=N–C) groups is 1. The van der Waals surface area contributed by atoms with Crippen LogP contribution in [0.4, 0.5) is 0 Å². The van der Waals surface area contributed by atoms with Crippen molar-refractivity contribution in [1.82, 2.24) is 15.6 Å². The Labute approximate surface area is 132 Å². The quantitative estimate of drug-likeness (QED) is 0.915. The number of amides is 1. The molecule has 0 saturated carbocycles. The van der Waals surface area contributed by atoms with Crippen molar-refractivity contribution in [2.75, 3.05) is 0 Å². The summed E-state index contributed by atoms with van der Waals surface area (Å²) in [5, 5.41) is 6.40. The van der Waals surface area contributed by atoms with Crippen LogP contribution in [-0.4, -0.2) is 23.3 Å². The summed E-state index contributed by atoms with van der Waals surface area (Å²) in [5.74, 6) is -0.221. The molecule has 1 aliphatic rings. The molecule has 110 valence electrons. The molecule has 6 heteroatoms. The summed E-state index contributed by atoms with van der Waals surface area (Å²) in [6.07, 6.45) is 4.69. The average molecular weight is 313 g/mol.